The van der Waals surface area contributed by atoms with E-state index in [-0.39, 0.29) is 17.7 Å². The summed E-state index contributed by atoms with van der Waals surface area (Å²) in [7, 11) is 0. The quantitative estimate of drug-likeness (QED) is 0.622. The molecule has 1 aromatic heterocycles. The monoisotopic (exact) mass is 445 g/mol. The molecule has 0 radical (unpaired) electrons. The molecular weight excluding hydrogens is 418 g/mol. The van der Waals surface area contributed by atoms with Gasteiger partial charge in [0.05, 0.1) is 16.2 Å². The molecule has 166 valence electrons. The lowest BCUT2D eigenvalue weighted by Gasteiger charge is -2.42. The van der Waals surface area contributed by atoms with Gasteiger partial charge in [-0.1, -0.05) is 30.9 Å². The Balaban J connectivity index is 1.42. The number of nitrogens with one attached hydrogen (secondary N) is 3. The summed E-state index contributed by atoms with van der Waals surface area (Å²) in [5.41, 5.74) is 1.59. The molecule has 0 atom stereocenters. The maximum atomic E-state index is 12.8. The standard InChI is InChI=1S/C23H28ClN3O4/c24-16-12-15-13-17(21(28)25-9-4-14-5-10-30-11-6-14)31-20(15)18-19(16)26-22(29)27-23(18)7-2-1-3-8-23/h12-14H,1-11H2,(H,25,28)(H2,26,27,29). The molecule has 3 N–H and O–H groups in total. The summed E-state index contributed by atoms with van der Waals surface area (Å²) < 4.78 is 11.5. The van der Waals surface area contributed by atoms with Gasteiger partial charge in [0.1, 0.15) is 5.58 Å². The van der Waals surface area contributed by atoms with Gasteiger partial charge in [-0.3, -0.25) is 4.79 Å². The minimum atomic E-state index is -0.506. The van der Waals surface area contributed by atoms with Crippen molar-refractivity contribution in [3.63, 3.8) is 0 Å². The second-order valence-corrected chi connectivity index (χ2v) is 9.37. The Morgan fingerprint density at radius 3 is 2.74 bits per heavy atom. The summed E-state index contributed by atoms with van der Waals surface area (Å²) in [6, 6.07) is 3.27. The fraction of sp³-hybridized carbons (Fsp3) is 0.565. The Morgan fingerprint density at radius 2 is 1.97 bits per heavy atom. The second kappa shape index (κ2) is 8.36. The Kier molecular flexibility index (Phi) is 5.56. The Morgan fingerprint density at radius 1 is 1.19 bits per heavy atom. The number of carbonyl (C=O) groups excluding carboxylic acids is 2. The number of amides is 3. The first-order chi connectivity index (χ1) is 15.1. The number of hydrogen-bond acceptors (Lipinski definition) is 4. The number of hydrogen-bond donors (Lipinski definition) is 3. The number of carbonyl (C=O) groups is 2. The molecule has 31 heavy (non-hydrogen) atoms. The van der Waals surface area contributed by atoms with Crippen LogP contribution in [0.2, 0.25) is 5.02 Å². The van der Waals surface area contributed by atoms with Crippen LogP contribution in [-0.2, 0) is 10.3 Å². The average Bonchev–Trinajstić information content (AvgIpc) is 3.18. The van der Waals surface area contributed by atoms with Crippen LogP contribution in [0.5, 0.6) is 0 Å². The van der Waals surface area contributed by atoms with E-state index in [1.165, 1.54) is 0 Å². The molecule has 7 nitrogen and oxygen atoms in total. The van der Waals surface area contributed by atoms with Gasteiger partial charge in [-0.05, 0) is 50.2 Å². The molecule has 2 fully saturated rings. The first kappa shape index (κ1) is 20.6. The lowest BCUT2D eigenvalue weighted by Crippen LogP contribution is -2.52. The van der Waals surface area contributed by atoms with Crippen LogP contribution in [0.4, 0.5) is 10.5 Å². The highest BCUT2D eigenvalue weighted by molar-refractivity contribution is 6.35. The zero-order valence-electron chi connectivity index (χ0n) is 17.5. The Bertz CT molecular complexity index is 1010. The summed E-state index contributed by atoms with van der Waals surface area (Å²) in [5.74, 6) is 0.643. The zero-order chi connectivity index (χ0) is 21.4. The summed E-state index contributed by atoms with van der Waals surface area (Å²) in [5, 5.41) is 10.2. The van der Waals surface area contributed by atoms with Crippen LogP contribution in [-0.4, -0.2) is 31.7 Å². The van der Waals surface area contributed by atoms with Gasteiger partial charge in [-0.25, -0.2) is 4.79 Å². The normalized spacial score (nSPS) is 20.9. The first-order valence-corrected chi connectivity index (χ1v) is 11.7. The topological polar surface area (TPSA) is 92.6 Å². The number of ether oxygens (including phenoxy) is 1. The predicted octanol–water partition coefficient (Wildman–Crippen LogP) is 4.93. The smallest absolute Gasteiger partial charge is 0.319 e. The summed E-state index contributed by atoms with van der Waals surface area (Å²) in [6.45, 7) is 2.22. The van der Waals surface area contributed by atoms with Crippen molar-refractivity contribution in [3.05, 3.63) is 28.5 Å². The van der Waals surface area contributed by atoms with Crippen LogP contribution in [0.3, 0.4) is 0 Å². The van der Waals surface area contributed by atoms with Gasteiger partial charge in [0, 0.05) is 30.7 Å². The maximum Gasteiger partial charge on any atom is 0.319 e. The van der Waals surface area contributed by atoms with Crippen molar-refractivity contribution in [1.29, 1.82) is 0 Å². The van der Waals surface area contributed by atoms with E-state index in [0.29, 0.717) is 28.8 Å². The molecule has 2 aliphatic heterocycles. The van der Waals surface area contributed by atoms with Crippen LogP contribution >= 0.6 is 11.6 Å². The number of halogens is 1. The third-order valence-electron chi connectivity index (χ3n) is 6.94. The summed E-state index contributed by atoms with van der Waals surface area (Å²) >= 11 is 6.55. The van der Waals surface area contributed by atoms with E-state index in [0.717, 1.165) is 75.5 Å². The van der Waals surface area contributed by atoms with Crippen molar-refractivity contribution >= 4 is 40.2 Å². The SMILES string of the molecule is O=C1Nc2c(Cl)cc3cc(C(=O)NCCC4CCOCC4)oc3c2C2(CCCCC2)N1. The lowest BCUT2D eigenvalue weighted by atomic mass is 9.74. The highest BCUT2D eigenvalue weighted by Gasteiger charge is 2.43. The molecule has 3 aliphatic rings. The van der Waals surface area contributed by atoms with Gasteiger partial charge in [-0.15, -0.1) is 0 Å². The number of urea groups is 1. The van der Waals surface area contributed by atoms with Crippen LogP contribution in [0, 0.1) is 5.92 Å². The zero-order valence-corrected chi connectivity index (χ0v) is 18.3. The molecule has 1 saturated carbocycles. The van der Waals surface area contributed by atoms with Gasteiger partial charge >= 0.3 is 6.03 Å². The molecule has 2 aromatic rings. The fourth-order valence-corrected chi connectivity index (χ4v) is 5.57. The third-order valence-corrected chi connectivity index (χ3v) is 7.24. The molecule has 1 spiro atoms. The van der Waals surface area contributed by atoms with E-state index in [4.69, 9.17) is 20.8 Å². The minimum Gasteiger partial charge on any atom is -0.450 e. The average molecular weight is 446 g/mol. The molecule has 8 heteroatoms. The van der Waals surface area contributed by atoms with Crippen molar-refractivity contribution in [2.24, 2.45) is 5.92 Å². The minimum absolute atomic E-state index is 0.223. The molecule has 0 bridgehead atoms. The molecular formula is C23H28ClN3O4. The van der Waals surface area contributed by atoms with Gasteiger partial charge in [-0.2, -0.15) is 0 Å². The molecule has 1 saturated heterocycles. The molecule has 1 aromatic carbocycles. The highest BCUT2D eigenvalue weighted by atomic mass is 35.5. The fourth-order valence-electron chi connectivity index (χ4n) is 5.31. The van der Waals surface area contributed by atoms with Crippen LogP contribution in [0.15, 0.2) is 16.5 Å². The molecule has 3 heterocycles. The Labute approximate surface area is 186 Å². The van der Waals surface area contributed by atoms with Crippen LogP contribution < -0.4 is 16.0 Å². The largest absolute Gasteiger partial charge is 0.450 e. The molecule has 0 unspecified atom stereocenters. The summed E-state index contributed by atoms with van der Waals surface area (Å²) in [4.78, 5) is 25.1. The second-order valence-electron chi connectivity index (χ2n) is 8.96. The number of fused-ring (bicyclic) bond motifs is 4. The number of anilines is 1. The van der Waals surface area contributed by atoms with Crippen LogP contribution in [0.25, 0.3) is 11.0 Å². The van der Waals surface area contributed by atoms with E-state index in [2.05, 4.69) is 16.0 Å². The van der Waals surface area contributed by atoms with E-state index in [1.54, 1.807) is 12.1 Å². The highest BCUT2D eigenvalue weighted by Crippen LogP contribution is 2.48. The van der Waals surface area contributed by atoms with Gasteiger partial charge in [0.2, 0.25) is 0 Å². The van der Waals surface area contributed by atoms with E-state index < -0.39 is 5.54 Å². The summed E-state index contributed by atoms with van der Waals surface area (Å²) in [6.07, 6.45) is 7.88. The Hall–Kier alpha value is -2.25. The predicted molar refractivity (Wildman–Crippen MR) is 119 cm³/mol. The number of furan rings is 1. The third kappa shape index (κ3) is 3.89. The maximum absolute atomic E-state index is 12.8. The van der Waals surface area contributed by atoms with Gasteiger partial charge in [0.15, 0.2) is 5.76 Å². The van der Waals surface area contributed by atoms with Crippen molar-refractivity contribution in [2.45, 2.75) is 56.9 Å². The van der Waals surface area contributed by atoms with E-state index in [9.17, 15) is 9.59 Å². The number of rotatable bonds is 4. The van der Waals surface area contributed by atoms with Crippen molar-refractivity contribution in [2.75, 3.05) is 25.1 Å². The van der Waals surface area contributed by atoms with Crippen molar-refractivity contribution < 1.29 is 18.7 Å². The van der Waals surface area contributed by atoms with Crippen LogP contribution in [0.1, 0.15) is 67.5 Å². The van der Waals surface area contributed by atoms with Gasteiger partial charge in [0.25, 0.3) is 5.91 Å². The molecule has 3 amide bonds. The van der Waals surface area contributed by atoms with Gasteiger partial charge < -0.3 is 25.1 Å². The van der Waals surface area contributed by atoms with E-state index in [1.807, 2.05) is 0 Å². The van der Waals surface area contributed by atoms with Crippen molar-refractivity contribution in [3.8, 4) is 0 Å². The van der Waals surface area contributed by atoms with Crippen molar-refractivity contribution in [1.82, 2.24) is 10.6 Å². The number of benzene rings is 1. The van der Waals surface area contributed by atoms with E-state index >= 15 is 0 Å². The lowest BCUT2D eigenvalue weighted by molar-refractivity contribution is 0.0635. The molecule has 1 aliphatic carbocycles. The first-order valence-electron chi connectivity index (χ1n) is 11.3. The molecule has 5 rings (SSSR count).